The van der Waals surface area contributed by atoms with E-state index in [-0.39, 0.29) is 25.7 Å². The highest BCUT2D eigenvalue weighted by Gasteiger charge is 2.26. The summed E-state index contributed by atoms with van der Waals surface area (Å²) in [6, 6.07) is -1.04. The van der Waals surface area contributed by atoms with Crippen molar-refractivity contribution in [1.29, 1.82) is 0 Å². The lowest BCUT2D eigenvalue weighted by molar-refractivity contribution is -0.196. The number of amides is 3. The fourth-order valence-electron chi connectivity index (χ4n) is 1.60. The highest BCUT2D eigenvalue weighted by Crippen LogP contribution is 2.11. The number of nitrogens with zero attached hydrogens (tertiary/aromatic N) is 1. The van der Waals surface area contributed by atoms with Gasteiger partial charge in [-0.3, -0.25) is 14.4 Å². The van der Waals surface area contributed by atoms with Gasteiger partial charge in [0.1, 0.15) is 11.6 Å². The zero-order valence-corrected chi connectivity index (χ0v) is 14.4. The molecular formula is C15H24N2O7. The Hall–Kier alpha value is -2.45. The van der Waals surface area contributed by atoms with Crippen LogP contribution >= 0.6 is 0 Å². The van der Waals surface area contributed by atoms with Gasteiger partial charge >= 0.3 is 11.9 Å². The lowest BCUT2D eigenvalue weighted by Crippen LogP contribution is -2.41. The van der Waals surface area contributed by atoms with Crippen molar-refractivity contribution in [3.63, 3.8) is 0 Å². The second kappa shape index (κ2) is 10.3. The molecule has 0 aliphatic carbocycles. The first-order valence-corrected chi connectivity index (χ1v) is 7.55. The Bertz CT molecular complexity index is 471. The van der Waals surface area contributed by atoms with E-state index in [1.165, 1.54) is 0 Å². The van der Waals surface area contributed by atoms with Crippen molar-refractivity contribution in [1.82, 2.24) is 10.4 Å². The average molecular weight is 344 g/mol. The maximum absolute atomic E-state index is 11.9. The van der Waals surface area contributed by atoms with Crippen LogP contribution in [0.3, 0.4) is 0 Å². The molecule has 1 atom stereocenters. The van der Waals surface area contributed by atoms with Crippen LogP contribution in [-0.4, -0.2) is 47.4 Å². The summed E-state index contributed by atoms with van der Waals surface area (Å²) in [4.78, 5) is 61.1. The third-order valence-corrected chi connectivity index (χ3v) is 2.60. The quantitative estimate of drug-likeness (QED) is 0.367. The van der Waals surface area contributed by atoms with Crippen molar-refractivity contribution in [2.24, 2.45) is 0 Å². The third-order valence-electron chi connectivity index (χ3n) is 2.60. The van der Waals surface area contributed by atoms with Gasteiger partial charge in [0, 0.05) is 6.42 Å². The van der Waals surface area contributed by atoms with E-state index in [4.69, 9.17) is 4.74 Å². The monoisotopic (exact) mass is 344 g/mol. The van der Waals surface area contributed by atoms with Crippen molar-refractivity contribution in [2.75, 3.05) is 0 Å². The summed E-state index contributed by atoms with van der Waals surface area (Å²) >= 11 is 0. The molecule has 0 aliphatic heterocycles. The van der Waals surface area contributed by atoms with E-state index in [2.05, 4.69) is 10.2 Å². The van der Waals surface area contributed by atoms with Gasteiger partial charge in [0.25, 0.3) is 12.3 Å². The largest absolute Gasteiger partial charge is 0.458 e. The minimum Gasteiger partial charge on any atom is -0.458 e. The Morgan fingerprint density at radius 1 is 1.17 bits per heavy atom. The van der Waals surface area contributed by atoms with Crippen LogP contribution < -0.4 is 5.32 Å². The summed E-state index contributed by atoms with van der Waals surface area (Å²) < 4.78 is 5.12. The molecule has 0 spiro atoms. The summed E-state index contributed by atoms with van der Waals surface area (Å²) in [5.74, 6) is -2.22. The zero-order chi connectivity index (χ0) is 18.8. The third kappa shape index (κ3) is 8.86. The molecule has 0 radical (unpaired) electrons. The van der Waals surface area contributed by atoms with E-state index < -0.39 is 29.5 Å². The number of carbonyl (C=O) groups is 5. The zero-order valence-electron chi connectivity index (χ0n) is 14.4. The van der Waals surface area contributed by atoms with Crippen LogP contribution in [0.15, 0.2) is 0 Å². The van der Waals surface area contributed by atoms with Crippen molar-refractivity contribution in [3.05, 3.63) is 0 Å². The molecule has 0 aromatic rings. The molecule has 0 fully saturated rings. The molecular weight excluding hydrogens is 320 g/mol. The topological polar surface area (TPSA) is 119 Å². The predicted octanol–water partition coefficient (Wildman–Crippen LogP) is 0.466. The first kappa shape index (κ1) is 21.6. The molecule has 0 rings (SSSR count). The number of hydroxylamine groups is 2. The van der Waals surface area contributed by atoms with Crippen molar-refractivity contribution < 1.29 is 33.5 Å². The molecule has 24 heavy (non-hydrogen) atoms. The van der Waals surface area contributed by atoms with E-state index in [0.717, 1.165) is 0 Å². The summed E-state index contributed by atoms with van der Waals surface area (Å²) in [7, 11) is 0. The van der Waals surface area contributed by atoms with Gasteiger partial charge in [0.05, 0.1) is 6.42 Å². The number of hydrogen-bond donors (Lipinski definition) is 1. The smallest absolute Gasteiger partial charge is 0.333 e. The Morgan fingerprint density at radius 3 is 2.25 bits per heavy atom. The molecule has 0 saturated heterocycles. The number of nitrogens with one attached hydrogen (secondary N) is 1. The summed E-state index contributed by atoms with van der Waals surface area (Å²) in [5, 5.41) is 2.58. The Morgan fingerprint density at radius 2 is 1.79 bits per heavy atom. The Balaban J connectivity index is 4.60. The van der Waals surface area contributed by atoms with Gasteiger partial charge in [0.2, 0.25) is 6.41 Å². The van der Waals surface area contributed by atoms with E-state index in [1.807, 2.05) is 0 Å². The normalized spacial score (nSPS) is 11.8. The molecule has 136 valence electrons. The number of ether oxygens (including phenoxy) is 1. The van der Waals surface area contributed by atoms with Crippen LogP contribution in [0.2, 0.25) is 0 Å². The first-order valence-electron chi connectivity index (χ1n) is 7.55. The molecule has 1 N–H and O–H groups in total. The standard InChI is InChI=1S/C15H24N2O7/c1-5-6-12(20)17(10-19)24-13(21)8-7-11(16-9-18)14(22)23-15(2,3)4/h9-11H,5-8H2,1-4H3,(H,16,18). The van der Waals surface area contributed by atoms with Crippen molar-refractivity contribution in [3.8, 4) is 0 Å². The molecule has 0 bridgehead atoms. The molecule has 0 aliphatic rings. The van der Waals surface area contributed by atoms with Gasteiger partial charge in [-0.1, -0.05) is 6.92 Å². The fourth-order valence-corrected chi connectivity index (χ4v) is 1.60. The van der Waals surface area contributed by atoms with Crippen molar-refractivity contribution >= 4 is 30.7 Å². The van der Waals surface area contributed by atoms with E-state index >= 15 is 0 Å². The minimum absolute atomic E-state index is 0.0548. The maximum Gasteiger partial charge on any atom is 0.333 e. The number of carbonyl (C=O) groups excluding carboxylic acids is 5. The average Bonchev–Trinajstić information content (AvgIpc) is 2.47. The predicted molar refractivity (Wildman–Crippen MR) is 82.0 cm³/mol. The lowest BCUT2D eigenvalue weighted by atomic mass is 10.1. The van der Waals surface area contributed by atoms with Crippen molar-refractivity contribution in [2.45, 2.75) is 65.0 Å². The summed E-state index contributed by atoms with van der Waals surface area (Å²) in [6.45, 7) is 6.73. The minimum atomic E-state index is -1.04. The fraction of sp³-hybridized carbons (Fsp3) is 0.667. The number of esters is 1. The summed E-state index contributed by atoms with van der Waals surface area (Å²) in [6.07, 6.45) is 0.576. The van der Waals surface area contributed by atoms with Gasteiger partial charge in [-0.2, -0.15) is 0 Å². The van der Waals surface area contributed by atoms with E-state index in [9.17, 15) is 24.0 Å². The van der Waals surface area contributed by atoms with Gasteiger partial charge in [-0.05, 0) is 33.6 Å². The highest BCUT2D eigenvalue weighted by atomic mass is 16.7. The maximum atomic E-state index is 11.9. The molecule has 0 heterocycles. The van der Waals surface area contributed by atoms with Gasteiger partial charge in [-0.15, -0.1) is 5.06 Å². The summed E-state index contributed by atoms with van der Waals surface area (Å²) in [5.41, 5.74) is -0.749. The molecule has 3 amide bonds. The van der Waals surface area contributed by atoms with E-state index in [1.54, 1.807) is 27.7 Å². The van der Waals surface area contributed by atoms with Crippen LogP contribution in [0.5, 0.6) is 0 Å². The SMILES string of the molecule is CCCC(=O)N(C=O)OC(=O)CCC(NC=O)C(=O)OC(C)(C)C. The number of hydrogen-bond acceptors (Lipinski definition) is 7. The molecule has 0 saturated carbocycles. The molecule has 1 unspecified atom stereocenters. The second-order valence-electron chi connectivity index (χ2n) is 5.95. The van der Waals surface area contributed by atoms with Crippen LogP contribution in [0.4, 0.5) is 0 Å². The molecule has 9 nitrogen and oxygen atoms in total. The van der Waals surface area contributed by atoms with Gasteiger partial charge in [0.15, 0.2) is 0 Å². The molecule has 9 heteroatoms. The second-order valence-corrected chi connectivity index (χ2v) is 5.95. The number of imide groups is 1. The molecule has 0 aromatic carbocycles. The number of rotatable bonds is 9. The van der Waals surface area contributed by atoms with E-state index in [0.29, 0.717) is 17.9 Å². The van der Waals surface area contributed by atoms with Crippen LogP contribution in [0.25, 0.3) is 0 Å². The highest BCUT2D eigenvalue weighted by molar-refractivity contribution is 5.86. The lowest BCUT2D eigenvalue weighted by Gasteiger charge is -2.23. The van der Waals surface area contributed by atoms with Crippen LogP contribution in [-0.2, 0) is 33.5 Å². The van der Waals surface area contributed by atoms with Gasteiger partial charge < -0.3 is 14.9 Å². The Kier molecular flexibility index (Phi) is 9.29. The molecule has 0 aromatic heterocycles. The Labute approximate surface area is 140 Å². The van der Waals surface area contributed by atoms with Crippen LogP contribution in [0, 0.1) is 0 Å². The first-order chi connectivity index (χ1) is 11.1. The van der Waals surface area contributed by atoms with Crippen LogP contribution in [0.1, 0.15) is 53.4 Å². The van der Waals surface area contributed by atoms with Gasteiger partial charge in [-0.25, -0.2) is 9.59 Å².